The number of hydrogen-bond donors (Lipinski definition) is 1. The summed E-state index contributed by atoms with van der Waals surface area (Å²) in [6.07, 6.45) is 3.31. The van der Waals surface area contributed by atoms with E-state index >= 15 is 0 Å². The van der Waals surface area contributed by atoms with Crippen molar-refractivity contribution in [1.82, 2.24) is 15.1 Å². The molecule has 0 aliphatic carbocycles. The van der Waals surface area contributed by atoms with Crippen molar-refractivity contribution >= 4 is 17.0 Å². The van der Waals surface area contributed by atoms with Gasteiger partial charge in [0.15, 0.2) is 0 Å². The molecular weight excluding hydrogens is 260 g/mol. The van der Waals surface area contributed by atoms with Crippen molar-refractivity contribution < 1.29 is 4.52 Å². The number of aromatic nitrogens is 3. The third-order valence-electron chi connectivity index (χ3n) is 2.73. The normalized spacial score (nSPS) is 10.7. The van der Waals surface area contributed by atoms with Crippen LogP contribution in [0.5, 0.6) is 0 Å². The first-order chi connectivity index (χ1) is 9.31. The molecule has 2 heterocycles. The van der Waals surface area contributed by atoms with Gasteiger partial charge in [0.05, 0.1) is 10.4 Å². The fraction of sp³-hybridized carbons (Fsp3) is 0.154. The highest BCUT2D eigenvalue weighted by atomic mass is 32.1. The van der Waals surface area contributed by atoms with E-state index in [9.17, 15) is 0 Å². The Hall–Kier alpha value is -2.21. The van der Waals surface area contributed by atoms with Crippen molar-refractivity contribution in [3.05, 3.63) is 47.4 Å². The van der Waals surface area contributed by atoms with Gasteiger partial charge in [0.25, 0.3) is 0 Å². The molecule has 1 aromatic carbocycles. The molecule has 2 aromatic heterocycles. The molecule has 96 valence electrons. The van der Waals surface area contributed by atoms with Crippen molar-refractivity contribution in [2.24, 2.45) is 0 Å². The minimum atomic E-state index is 0.606. The number of rotatable bonds is 4. The standard InChI is InChI=1S/C13H12N4OS/c14-10-4-1-9(2-5-10)3-6-12-16-13(17-18-12)11-7-15-8-19-11/h1-2,4-5,7-8H,3,6,14H2. The first-order valence-corrected chi connectivity index (χ1v) is 6.75. The molecular formula is C13H12N4OS. The van der Waals surface area contributed by atoms with Gasteiger partial charge >= 0.3 is 0 Å². The number of benzene rings is 1. The van der Waals surface area contributed by atoms with Gasteiger partial charge in [-0.05, 0) is 24.1 Å². The van der Waals surface area contributed by atoms with Crippen LogP contribution in [0.25, 0.3) is 10.7 Å². The van der Waals surface area contributed by atoms with Gasteiger partial charge in [-0.15, -0.1) is 11.3 Å². The summed E-state index contributed by atoms with van der Waals surface area (Å²) in [6.45, 7) is 0. The Bertz CT molecular complexity index is 646. The van der Waals surface area contributed by atoms with Crippen LogP contribution in [-0.4, -0.2) is 15.1 Å². The van der Waals surface area contributed by atoms with Crippen molar-refractivity contribution in [2.75, 3.05) is 5.73 Å². The quantitative estimate of drug-likeness (QED) is 0.738. The monoisotopic (exact) mass is 272 g/mol. The Balaban J connectivity index is 1.66. The molecule has 0 amide bonds. The molecule has 0 fully saturated rings. The maximum absolute atomic E-state index is 5.65. The smallest absolute Gasteiger partial charge is 0.227 e. The zero-order chi connectivity index (χ0) is 13.1. The minimum Gasteiger partial charge on any atom is -0.399 e. The average molecular weight is 272 g/mol. The lowest BCUT2D eigenvalue weighted by Gasteiger charge is -1.98. The van der Waals surface area contributed by atoms with Crippen LogP contribution >= 0.6 is 11.3 Å². The Morgan fingerprint density at radius 3 is 2.74 bits per heavy atom. The molecule has 0 saturated heterocycles. The summed E-state index contributed by atoms with van der Waals surface area (Å²) in [5.41, 5.74) is 9.37. The van der Waals surface area contributed by atoms with Crippen molar-refractivity contribution in [3.8, 4) is 10.7 Å². The predicted octanol–water partition coefficient (Wildman–Crippen LogP) is 2.56. The predicted molar refractivity (Wildman–Crippen MR) is 73.7 cm³/mol. The van der Waals surface area contributed by atoms with Gasteiger partial charge in [0.2, 0.25) is 11.7 Å². The van der Waals surface area contributed by atoms with Gasteiger partial charge in [0.1, 0.15) is 0 Å². The largest absolute Gasteiger partial charge is 0.399 e. The SMILES string of the molecule is Nc1ccc(CCc2nc(-c3cncs3)no2)cc1. The molecule has 0 saturated carbocycles. The molecule has 19 heavy (non-hydrogen) atoms. The average Bonchev–Trinajstić information content (AvgIpc) is 3.09. The second-order valence-corrected chi connectivity index (χ2v) is 5.01. The molecule has 0 unspecified atom stereocenters. The fourth-order valence-corrected chi connectivity index (χ4v) is 2.26. The third kappa shape index (κ3) is 2.79. The summed E-state index contributed by atoms with van der Waals surface area (Å²) in [6, 6.07) is 7.81. The Morgan fingerprint density at radius 1 is 1.16 bits per heavy atom. The number of aryl methyl sites for hydroxylation is 2. The van der Waals surface area contributed by atoms with Crippen molar-refractivity contribution in [2.45, 2.75) is 12.8 Å². The first kappa shape index (κ1) is 11.9. The Labute approximate surface area is 114 Å². The lowest BCUT2D eigenvalue weighted by atomic mass is 10.1. The Morgan fingerprint density at radius 2 is 2.00 bits per heavy atom. The van der Waals surface area contributed by atoms with E-state index in [0.29, 0.717) is 11.7 Å². The van der Waals surface area contributed by atoms with Gasteiger partial charge in [-0.1, -0.05) is 17.3 Å². The summed E-state index contributed by atoms with van der Waals surface area (Å²) < 4.78 is 5.23. The second kappa shape index (κ2) is 5.19. The summed E-state index contributed by atoms with van der Waals surface area (Å²) in [5.74, 6) is 1.25. The van der Waals surface area contributed by atoms with Crippen molar-refractivity contribution in [3.63, 3.8) is 0 Å². The number of hydrogen-bond acceptors (Lipinski definition) is 6. The van der Waals surface area contributed by atoms with E-state index in [1.165, 1.54) is 16.9 Å². The lowest BCUT2D eigenvalue weighted by molar-refractivity contribution is 0.379. The van der Waals surface area contributed by atoms with E-state index in [4.69, 9.17) is 10.3 Å². The van der Waals surface area contributed by atoms with Crippen LogP contribution in [0, 0.1) is 0 Å². The molecule has 5 nitrogen and oxygen atoms in total. The molecule has 0 atom stereocenters. The molecule has 0 spiro atoms. The highest BCUT2D eigenvalue weighted by Gasteiger charge is 2.09. The van der Waals surface area contributed by atoms with Crippen LogP contribution in [0.15, 0.2) is 40.5 Å². The van der Waals surface area contributed by atoms with Gasteiger partial charge < -0.3 is 10.3 Å². The van der Waals surface area contributed by atoms with Crippen LogP contribution in [-0.2, 0) is 12.8 Å². The number of nitrogens with zero attached hydrogens (tertiary/aromatic N) is 3. The van der Waals surface area contributed by atoms with E-state index in [0.717, 1.165) is 23.4 Å². The van der Waals surface area contributed by atoms with E-state index in [-0.39, 0.29) is 0 Å². The third-order valence-corrected chi connectivity index (χ3v) is 3.50. The second-order valence-electron chi connectivity index (χ2n) is 4.12. The van der Waals surface area contributed by atoms with E-state index < -0.39 is 0 Å². The molecule has 0 aliphatic heterocycles. The van der Waals surface area contributed by atoms with E-state index in [1.54, 1.807) is 11.7 Å². The zero-order valence-electron chi connectivity index (χ0n) is 10.1. The maximum Gasteiger partial charge on any atom is 0.227 e. The molecule has 3 rings (SSSR count). The number of nitrogen functional groups attached to an aromatic ring is 1. The summed E-state index contributed by atoms with van der Waals surface area (Å²) in [7, 11) is 0. The topological polar surface area (TPSA) is 77.8 Å². The maximum atomic E-state index is 5.65. The molecule has 3 aromatic rings. The summed E-state index contributed by atoms with van der Waals surface area (Å²) in [4.78, 5) is 9.27. The highest BCUT2D eigenvalue weighted by Crippen LogP contribution is 2.20. The fourth-order valence-electron chi connectivity index (χ4n) is 1.72. The molecule has 0 aliphatic rings. The van der Waals surface area contributed by atoms with E-state index in [1.807, 2.05) is 24.3 Å². The first-order valence-electron chi connectivity index (χ1n) is 5.87. The van der Waals surface area contributed by atoms with Crippen LogP contribution in [0.1, 0.15) is 11.5 Å². The number of anilines is 1. The van der Waals surface area contributed by atoms with Gasteiger partial charge in [-0.25, -0.2) is 0 Å². The molecule has 0 radical (unpaired) electrons. The molecule has 6 heteroatoms. The van der Waals surface area contributed by atoms with Crippen LogP contribution in [0.3, 0.4) is 0 Å². The zero-order valence-corrected chi connectivity index (χ0v) is 10.9. The van der Waals surface area contributed by atoms with Gasteiger partial charge in [-0.3, -0.25) is 4.98 Å². The summed E-state index contributed by atoms with van der Waals surface area (Å²) in [5, 5.41) is 3.95. The summed E-state index contributed by atoms with van der Waals surface area (Å²) >= 11 is 1.50. The Kier molecular flexibility index (Phi) is 3.24. The van der Waals surface area contributed by atoms with E-state index in [2.05, 4.69) is 15.1 Å². The van der Waals surface area contributed by atoms with Crippen LogP contribution < -0.4 is 5.73 Å². The van der Waals surface area contributed by atoms with Crippen LogP contribution in [0.4, 0.5) is 5.69 Å². The highest BCUT2D eigenvalue weighted by molar-refractivity contribution is 7.13. The van der Waals surface area contributed by atoms with Gasteiger partial charge in [0, 0.05) is 18.3 Å². The molecule has 2 N–H and O–H groups in total. The number of thiazole rings is 1. The van der Waals surface area contributed by atoms with Gasteiger partial charge in [-0.2, -0.15) is 4.98 Å². The minimum absolute atomic E-state index is 0.606. The molecule has 0 bridgehead atoms. The number of nitrogens with two attached hydrogens (primary N) is 1. The van der Waals surface area contributed by atoms with Crippen molar-refractivity contribution in [1.29, 1.82) is 0 Å². The van der Waals surface area contributed by atoms with Crippen LogP contribution in [0.2, 0.25) is 0 Å². The lowest BCUT2D eigenvalue weighted by Crippen LogP contribution is -1.92.